The first-order valence-electron chi connectivity index (χ1n) is 10.1. The molecule has 4 N–H and O–H groups in total. The predicted molar refractivity (Wildman–Crippen MR) is 131 cm³/mol. The highest BCUT2D eigenvalue weighted by molar-refractivity contribution is 7.18. The number of carbonyl (C=O) groups is 2. The highest BCUT2D eigenvalue weighted by atomic mass is 32.1. The molecule has 0 spiro atoms. The molecule has 9 heteroatoms. The van der Waals surface area contributed by atoms with E-state index in [1.54, 1.807) is 29.8 Å². The maximum Gasteiger partial charge on any atom is 0.274 e. The van der Waals surface area contributed by atoms with Crippen molar-refractivity contribution in [3.63, 3.8) is 0 Å². The van der Waals surface area contributed by atoms with Gasteiger partial charge in [0.2, 0.25) is 0 Å². The highest BCUT2D eigenvalue weighted by Crippen LogP contribution is 2.29. The van der Waals surface area contributed by atoms with Crippen molar-refractivity contribution in [2.75, 3.05) is 16.4 Å². The number of rotatable bonds is 4. The Bertz CT molecular complexity index is 1550. The maximum atomic E-state index is 12.9. The average Bonchev–Trinajstić information content (AvgIpc) is 3.26. The second kappa shape index (κ2) is 8.29. The van der Waals surface area contributed by atoms with Crippen LogP contribution in [-0.2, 0) is 0 Å². The molecule has 3 heterocycles. The third-order valence-electron chi connectivity index (χ3n) is 5.23. The molecule has 0 bridgehead atoms. The van der Waals surface area contributed by atoms with Gasteiger partial charge in [0, 0.05) is 28.3 Å². The summed E-state index contributed by atoms with van der Waals surface area (Å²) in [6.45, 7) is 1.87. The molecule has 0 aliphatic heterocycles. The number of aryl methyl sites for hydroxylation is 1. The summed E-state index contributed by atoms with van der Waals surface area (Å²) in [5.41, 5.74) is 9.06. The molecule has 5 rings (SSSR count). The van der Waals surface area contributed by atoms with E-state index in [1.165, 1.54) is 17.7 Å². The Labute approximate surface area is 192 Å². The minimum Gasteiger partial charge on any atom is -0.382 e. The van der Waals surface area contributed by atoms with Crippen molar-refractivity contribution in [2.45, 2.75) is 6.92 Å². The third kappa shape index (κ3) is 3.97. The predicted octanol–water partition coefficient (Wildman–Crippen LogP) is 4.63. The average molecular weight is 455 g/mol. The van der Waals surface area contributed by atoms with Gasteiger partial charge in [0.1, 0.15) is 17.8 Å². The van der Waals surface area contributed by atoms with Crippen LogP contribution < -0.4 is 16.4 Å². The fourth-order valence-corrected chi connectivity index (χ4v) is 4.36. The number of amides is 2. The summed E-state index contributed by atoms with van der Waals surface area (Å²) in [5, 5.41) is 9.35. The Hall–Kier alpha value is -4.37. The van der Waals surface area contributed by atoms with Crippen LogP contribution in [0.2, 0.25) is 0 Å². The van der Waals surface area contributed by atoms with Gasteiger partial charge >= 0.3 is 0 Å². The zero-order valence-electron chi connectivity index (χ0n) is 17.5. The lowest BCUT2D eigenvalue weighted by molar-refractivity contribution is 0.101. The van der Waals surface area contributed by atoms with Crippen LogP contribution in [0.3, 0.4) is 0 Å². The summed E-state index contributed by atoms with van der Waals surface area (Å²) in [6.07, 6.45) is 3.01. The first-order chi connectivity index (χ1) is 16.0. The van der Waals surface area contributed by atoms with Crippen LogP contribution in [0.1, 0.15) is 26.4 Å². The summed E-state index contributed by atoms with van der Waals surface area (Å²) >= 11 is 1.32. The number of pyridine rings is 1. The number of benzene rings is 2. The minimum atomic E-state index is -0.335. The van der Waals surface area contributed by atoms with E-state index in [0.717, 1.165) is 16.3 Å². The van der Waals surface area contributed by atoms with Crippen molar-refractivity contribution in [3.05, 3.63) is 83.3 Å². The van der Waals surface area contributed by atoms with Gasteiger partial charge in [0.25, 0.3) is 11.8 Å². The molecule has 33 heavy (non-hydrogen) atoms. The molecule has 0 aliphatic carbocycles. The summed E-state index contributed by atoms with van der Waals surface area (Å²) in [5.74, 6) is -0.313. The second-order valence-electron chi connectivity index (χ2n) is 7.44. The van der Waals surface area contributed by atoms with Crippen LogP contribution in [0.15, 0.2) is 66.4 Å². The van der Waals surface area contributed by atoms with Gasteiger partial charge in [0.15, 0.2) is 0 Å². The molecule has 2 amide bonds. The van der Waals surface area contributed by atoms with E-state index in [-0.39, 0.29) is 11.8 Å². The number of nitrogens with one attached hydrogen (secondary N) is 2. The minimum absolute atomic E-state index is 0.307. The van der Waals surface area contributed by atoms with Gasteiger partial charge in [-0.25, -0.2) is 9.97 Å². The van der Waals surface area contributed by atoms with Crippen LogP contribution in [0.5, 0.6) is 0 Å². The quantitative estimate of drug-likeness (QED) is 0.364. The Morgan fingerprint density at radius 1 is 0.939 bits per heavy atom. The summed E-state index contributed by atoms with van der Waals surface area (Å²) < 4.78 is 0.670. The largest absolute Gasteiger partial charge is 0.382 e. The Kier molecular flexibility index (Phi) is 5.15. The topological polar surface area (TPSA) is 123 Å². The highest BCUT2D eigenvalue weighted by Gasteiger charge is 2.17. The number of aromatic nitrogens is 3. The fraction of sp³-hybridized carbons (Fsp3) is 0.0417. The Morgan fingerprint density at radius 2 is 1.76 bits per heavy atom. The van der Waals surface area contributed by atoms with Crippen LogP contribution in [0.25, 0.3) is 21.0 Å². The van der Waals surface area contributed by atoms with E-state index >= 15 is 0 Å². The summed E-state index contributed by atoms with van der Waals surface area (Å²) in [7, 11) is 0. The van der Waals surface area contributed by atoms with Gasteiger partial charge in [0.05, 0.1) is 15.8 Å². The molecule has 8 nitrogen and oxygen atoms in total. The molecule has 0 saturated heterocycles. The lowest BCUT2D eigenvalue weighted by atomic mass is 10.1. The van der Waals surface area contributed by atoms with Crippen molar-refractivity contribution in [3.8, 4) is 0 Å². The number of nitrogens with two attached hydrogens (primary N) is 1. The maximum absolute atomic E-state index is 12.9. The zero-order valence-corrected chi connectivity index (χ0v) is 18.3. The number of hydrogen-bond donors (Lipinski definition) is 3. The smallest absolute Gasteiger partial charge is 0.274 e. The van der Waals surface area contributed by atoms with Crippen molar-refractivity contribution in [2.24, 2.45) is 0 Å². The SMILES string of the molecule is Cc1ccc(NC(=O)c2cc3ccccc3cn2)cc1NC(=O)c1csc2c(N)ncnc12. The number of nitrogens with zero attached hydrogens (tertiary/aromatic N) is 3. The van der Waals surface area contributed by atoms with Gasteiger partial charge in [-0.05, 0) is 36.1 Å². The van der Waals surface area contributed by atoms with Gasteiger partial charge < -0.3 is 16.4 Å². The second-order valence-corrected chi connectivity index (χ2v) is 8.32. The summed E-state index contributed by atoms with van der Waals surface area (Å²) in [4.78, 5) is 38.1. The van der Waals surface area contributed by atoms with Crippen molar-refractivity contribution < 1.29 is 9.59 Å². The number of hydrogen-bond acceptors (Lipinski definition) is 7. The van der Waals surface area contributed by atoms with E-state index in [2.05, 4.69) is 25.6 Å². The van der Waals surface area contributed by atoms with Gasteiger partial charge in [-0.1, -0.05) is 30.3 Å². The van der Waals surface area contributed by atoms with Crippen molar-refractivity contribution in [1.29, 1.82) is 0 Å². The molecular weight excluding hydrogens is 436 g/mol. The Morgan fingerprint density at radius 3 is 2.61 bits per heavy atom. The van der Waals surface area contributed by atoms with Crippen molar-refractivity contribution in [1.82, 2.24) is 15.0 Å². The fourth-order valence-electron chi connectivity index (χ4n) is 3.46. The monoisotopic (exact) mass is 454 g/mol. The van der Waals surface area contributed by atoms with Crippen LogP contribution in [-0.4, -0.2) is 26.8 Å². The molecule has 162 valence electrons. The molecule has 5 aromatic rings. The summed E-state index contributed by atoms with van der Waals surface area (Å²) in [6, 6.07) is 14.8. The standard InChI is InChI=1S/C24H18N6O2S/c1-13-6-7-16(29-24(32)19-8-14-4-2-3-5-15(14)10-26-19)9-18(13)30-23(31)17-11-33-21-20(17)27-12-28-22(21)25/h2-12H,1H3,(H,29,32)(H,30,31)(H2,25,27,28). The van der Waals surface area contributed by atoms with E-state index in [9.17, 15) is 9.59 Å². The molecule has 0 aliphatic rings. The lowest BCUT2D eigenvalue weighted by Gasteiger charge is -2.11. The number of fused-ring (bicyclic) bond motifs is 2. The number of thiophene rings is 1. The molecule has 2 aromatic carbocycles. The van der Waals surface area contributed by atoms with Crippen LogP contribution in [0.4, 0.5) is 17.2 Å². The van der Waals surface area contributed by atoms with Crippen LogP contribution >= 0.6 is 11.3 Å². The molecular formula is C24H18N6O2S. The van der Waals surface area contributed by atoms with Crippen LogP contribution in [0, 0.1) is 6.92 Å². The molecule has 0 saturated carbocycles. The lowest BCUT2D eigenvalue weighted by Crippen LogP contribution is -2.15. The van der Waals surface area contributed by atoms with Gasteiger partial charge in [-0.15, -0.1) is 11.3 Å². The van der Waals surface area contributed by atoms with Crippen molar-refractivity contribution >= 4 is 61.3 Å². The van der Waals surface area contributed by atoms with E-state index in [4.69, 9.17) is 5.73 Å². The number of anilines is 3. The first-order valence-corrected chi connectivity index (χ1v) is 10.9. The first kappa shape index (κ1) is 20.5. The van der Waals surface area contributed by atoms with E-state index in [1.807, 2.05) is 37.3 Å². The zero-order chi connectivity index (χ0) is 22.9. The molecule has 0 unspecified atom stereocenters. The molecule has 0 radical (unpaired) electrons. The van der Waals surface area contributed by atoms with E-state index in [0.29, 0.717) is 38.7 Å². The Balaban J connectivity index is 1.37. The van der Waals surface area contributed by atoms with Gasteiger partial charge in [-0.3, -0.25) is 14.6 Å². The molecule has 0 atom stereocenters. The number of nitrogen functional groups attached to an aromatic ring is 1. The number of carbonyl (C=O) groups excluding carboxylic acids is 2. The normalized spacial score (nSPS) is 10.9. The third-order valence-corrected chi connectivity index (χ3v) is 6.22. The van der Waals surface area contributed by atoms with Gasteiger partial charge in [-0.2, -0.15) is 0 Å². The molecule has 3 aromatic heterocycles. The molecule has 0 fully saturated rings. The van der Waals surface area contributed by atoms with E-state index < -0.39 is 0 Å².